The third kappa shape index (κ3) is 3.44. The lowest BCUT2D eigenvalue weighted by molar-refractivity contribution is -0.384. The van der Waals surface area contributed by atoms with E-state index in [0.29, 0.717) is 0 Å². The fourth-order valence-electron chi connectivity index (χ4n) is 1.20. The molecule has 0 spiro atoms. The van der Waals surface area contributed by atoms with Gasteiger partial charge in [0, 0.05) is 12.1 Å². The maximum absolute atomic E-state index is 11.1. The Balaban J connectivity index is 3.07. The SMILES string of the molecule is CCOC(=O)Nc1cc(C(=O)O)cc([N+](=O)[O-])c1. The van der Waals surface area contributed by atoms with E-state index in [-0.39, 0.29) is 17.9 Å². The average Bonchev–Trinajstić information content (AvgIpc) is 2.28. The van der Waals surface area contributed by atoms with Crippen LogP contribution in [0.5, 0.6) is 0 Å². The Bertz CT molecular complexity index is 467. The third-order valence-electron chi connectivity index (χ3n) is 1.90. The van der Waals surface area contributed by atoms with Crippen molar-refractivity contribution in [1.29, 1.82) is 0 Å². The molecule has 18 heavy (non-hydrogen) atoms. The predicted molar refractivity (Wildman–Crippen MR) is 60.7 cm³/mol. The van der Waals surface area contributed by atoms with E-state index in [1.807, 2.05) is 0 Å². The van der Waals surface area contributed by atoms with Gasteiger partial charge in [0.2, 0.25) is 0 Å². The molecule has 0 fully saturated rings. The van der Waals surface area contributed by atoms with E-state index in [9.17, 15) is 19.7 Å². The van der Waals surface area contributed by atoms with Crippen molar-refractivity contribution in [2.45, 2.75) is 6.92 Å². The molecule has 1 rings (SSSR count). The maximum Gasteiger partial charge on any atom is 0.411 e. The second-order valence-electron chi connectivity index (χ2n) is 3.18. The van der Waals surface area contributed by atoms with E-state index in [1.165, 1.54) is 0 Å². The van der Waals surface area contributed by atoms with E-state index in [0.717, 1.165) is 18.2 Å². The molecule has 0 aromatic heterocycles. The third-order valence-corrected chi connectivity index (χ3v) is 1.90. The molecule has 8 heteroatoms. The molecule has 1 aromatic rings. The van der Waals surface area contributed by atoms with Gasteiger partial charge in [0.1, 0.15) is 0 Å². The van der Waals surface area contributed by atoms with Gasteiger partial charge in [0.25, 0.3) is 5.69 Å². The fourth-order valence-corrected chi connectivity index (χ4v) is 1.20. The first-order valence-corrected chi connectivity index (χ1v) is 4.90. The Kier molecular flexibility index (Phi) is 4.19. The van der Waals surface area contributed by atoms with Crippen LogP contribution in [0.4, 0.5) is 16.2 Å². The highest BCUT2D eigenvalue weighted by Gasteiger charge is 2.15. The van der Waals surface area contributed by atoms with Gasteiger partial charge in [-0.1, -0.05) is 0 Å². The zero-order valence-corrected chi connectivity index (χ0v) is 9.37. The van der Waals surface area contributed by atoms with E-state index in [2.05, 4.69) is 10.1 Å². The highest BCUT2D eigenvalue weighted by Crippen LogP contribution is 2.21. The number of nitrogens with zero attached hydrogens (tertiary/aromatic N) is 1. The summed E-state index contributed by atoms with van der Waals surface area (Å²) in [5, 5.41) is 21.6. The summed E-state index contributed by atoms with van der Waals surface area (Å²) in [4.78, 5) is 31.8. The van der Waals surface area contributed by atoms with Crippen LogP contribution in [-0.2, 0) is 4.74 Å². The van der Waals surface area contributed by atoms with Crippen LogP contribution in [0.2, 0.25) is 0 Å². The normalized spacial score (nSPS) is 9.61. The summed E-state index contributed by atoms with van der Waals surface area (Å²) in [6.45, 7) is 1.72. The van der Waals surface area contributed by atoms with Gasteiger partial charge in [-0.3, -0.25) is 15.4 Å². The number of amides is 1. The van der Waals surface area contributed by atoms with Crippen LogP contribution < -0.4 is 5.32 Å². The van der Waals surface area contributed by atoms with Crippen LogP contribution in [0.25, 0.3) is 0 Å². The number of nitro benzene ring substituents is 1. The Morgan fingerprint density at radius 2 is 2.11 bits per heavy atom. The number of non-ortho nitro benzene ring substituents is 1. The Labute approximate surface area is 101 Å². The molecule has 0 aliphatic rings. The van der Waals surface area contributed by atoms with Gasteiger partial charge in [-0.05, 0) is 13.0 Å². The summed E-state index contributed by atoms with van der Waals surface area (Å²) in [6.07, 6.45) is -0.811. The zero-order chi connectivity index (χ0) is 13.7. The number of carboxylic acid groups (broad SMARTS) is 1. The zero-order valence-electron chi connectivity index (χ0n) is 9.37. The molecular weight excluding hydrogens is 244 g/mol. The lowest BCUT2D eigenvalue weighted by atomic mass is 10.2. The van der Waals surface area contributed by atoms with Crippen molar-refractivity contribution in [3.63, 3.8) is 0 Å². The number of carboxylic acids is 1. The van der Waals surface area contributed by atoms with Crippen LogP contribution in [0, 0.1) is 10.1 Å². The second kappa shape index (κ2) is 5.62. The minimum absolute atomic E-state index is 0.0138. The number of hydrogen-bond acceptors (Lipinski definition) is 5. The number of rotatable bonds is 4. The van der Waals surface area contributed by atoms with E-state index >= 15 is 0 Å². The van der Waals surface area contributed by atoms with E-state index in [4.69, 9.17) is 5.11 Å². The summed E-state index contributed by atoms with van der Waals surface area (Å²) in [7, 11) is 0. The number of benzene rings is 1. The topological polar surface area (TPSA) is 119 Å². The molecule has 0 aliphatic carbocycles. The molecule has 0 aliphatic heterocycles. The van der Waals surface area contributed by atoms with Gasteiger partial charge in [0.15, 0.2) is 0 Å². The van der Waals surface area contributed by atoms with Crippen molar-refractivity contribution in [3.8, 4) is 0 Å². The number of nitro groups is 1. The minimum Gasteiger partial charge on any atom is -0.478 e. The molecule has 0 unspecified atom stereocenters. The number of nitrogens with one attached hydrogen (secondary N) is 1. The standard InChI is InChI=1S/C10H10N2O6/c1-2-18-10(15)11-7-3-6(9(13)14)4-8(5-7)12(16)17/h3-5H,2H2,1H3,(H,11,15)(H,13,14). The highest BCUT2D eigenvalue weighted by molar-refractivity contribution is 5.92. The molecule has 2 N–H and O–H groups in total. The molecule has 0 heterocycles. The van der Waals surface area contributed by atoms with Gasteiger partial charge >= 0.3 is 12.1 Å². The Hall–Kier alpha value is -2.64. The van der Waals surface area contributed by atoms with Crippen molar-refractivity contribution >= 4 is 23.4 Å². The van der Waals surface area contributed by atoms with Crippen LogP contribution >= 0.6 is 0 Å². The van der Waals surface area contributed by atoms with E-state index in [1.54, 1.807) is 6.92 Å². The van der Waals surface area contributed by atoms with Gasteiger partial charge in [-0.25, -0.2) is 9.59 Å². The minimum atomic E-state index is -1.33. The maximum atomic E-state index is 11.1. The Morgan fingerprint density at radius 3 is 2.61 bits per heavy atom. The van der Waals surface area contributed by atoms with Crippen molar-refractivity contribution in [3.05, 3.63) is 33.9 Å². The summed E-state index contributed by atoms with van der Waals surface area (Å²) >= 11 is 0. The second-order valence-corrected chi connectivity index (χ2v) is 3.18. The van der Waals surface area contributed by atoms with Gasteiger partial charge in [-0.2, -0.15) is 0 Å². The molecule has 0 saturated heterocycles. The highest BCUT2D eigenvalue weighted by atomic mass is 16.6. The summed E-state index contributed by atoms with van der Waals surface area (Å²) in [5.41, 5.74) is -0.738. The predicted octanol–water partition coefficient (Wildman–Crippen LogP) is 1.86. The van der Waals surface area contributed by atoms with Crippen molar-refractivity contribution in [1.82, 2.24) is 0 Å². The quantitative estimate of drug-likeness (QED) is 0.625. The van der Waals surface area contributed by atoms with Crippen LogP contribution in [-0.4, -0.2) is 28.7 Å². The molecule has 0 saturated carbocycles. The molecule has 0 radical (unpaired) electrons. The summed E-state index contributed by atoms with van der Waals surface area (Å²) in [6, 6.07) is 3.05. The smallest absolute Gasteiger partial charge is 0.411 e. The molecule has 96 valence electrons. The van der Waals surface area contributed by atoms with Crippen molar-refractivity contribution in [2.75, 3.05) is 11.9 Å². The number of carbonyl (C=O) groups is 2. The van der Waals surface area contributed by atoms with Crippen molar-refractivity contribution < 1.29 is 24.4 Å². The fraction of sp³-hybridized carbons (Fsp3) is 0.200. The average molecular weight is 254 g/mol. The van der Waals surface area contributed by atoms with Crippen LogP contribution in [0.3, 0.4) is 0 Å². The van der Waals surface area contributed by atoms with Gasteiger partial charge < -0.3 is 9.84 Å². The first-order valence-electron chi connectivity index (χ1n) is 4.90. The molecule has 1 amide bonds. The van der Waals surface area contributed by atoms with Gasteiger partial charge in [-0.15, -0.1) is 0 Å². The molecular formula is C10H10N2O6. The van der Waals surface area contributed by atoms with E-state index < -0.39 is 22.7 Å². The molecule has 8 nitrogen and oxygen atoms in total. The number of anilines is 1. The molecule has 0 bridgehead atoms. The van der Waals surface area contributed by atoms with Crippen LogP contribution in [0.15, 0.2) is 18.2 Å². The monoisotopic (exact) mass is 254 g/mol. The molecule has 1 aromatic carbocycles. The van der Waals surface area contributed by atoms with Crippen molar-refractivity contribution in [2.24, 2.45) is 0 Å². The first kappa shape index (κ1) is 13.4. The lowest BCUT2D eigenvalue weighted by Crippen LogP contribution is -2.14. The lowest BCUT2D eigenvalue weighted by Gasteiger charge is -2.06. The number of aromatic carboxylic acids is 1. The summed E-state index contributed by atoms with van der Waals surface area (Å²) in [5.74, 6) is -1.33. The van der Waals surface area contributed by atoms with Crippen LogP contribution in [0.1, 0.15) is 17.3 Å². The number of hydrogen-bond donors (Lipinski definition) is 2. The summed E-state index contributed by atoms with van der Waals surface area (Å²) < 4.78 is 4.58. The molecule has 0 atom stereocenters. The largest absolute Gasteiger partial charge is 0.478 e. The first-order chi connectivity index (χ1) is 8.43. The Morgan fingerprint density at radius 1 is 1.44 bits per heavy atom. The van der Waals surface area contributed by atoms with Gasteiger partial charge in [0.05, 0.1) is 22.8 Å². The number of carbonyl (C=O) groups excluding carboxylic acids is 1. The number of ether oxygens (including phenoxy) is 1.